The van der Waals surface area contributed by atoms with Crippen molar-refractivity contribution in [3.63, 3.8) is 0 Å². The molecule has 0 aliphatic carbocycles. The molecule has 0 aliphatic heterocycles. The highest BCUT2D eigenvalue weighted by atomic mass is 32.1. The van der Waals surface area contributed by atoms with E-state index in [0.717, 1.165) is 11.5 Å². The number of nitrogens with zero attached hydrogens (tertiary/aromatic N) is 8. The largest absolute Gasteiger partial charge is 0.382 e. The zero-order valence-electron chi connectivity index (χ0n) is 20.0. The molecule has 2 aromatic heterocycles. The van der Waals surface area contributed by atoms with Gasteiger partial charge in [-0.25, -0.2) is 9.67 Å². The van der Waals surface area contributed by atoms with Crippen molar-refractivity contribution in [3.8, 4) is 5.69 Å². The SMILES string of the molecule is CCN(CC)C(=O)c1cc(C(=O)N(CC)CC)cc(-n2nc(C)c(N=Nc3ncns3)c2N)c1. The highest BCUT2D eigenvalue weighted by Gasteiger charge is 2.22. The summed E-state index contributed by atoms with van der Waals surface area (Å²) >= 11 is 1.11. The van der Waals surface area contributed by atoms with E-state index in [1.54, 1.807) is 34.9 Å². The average Bonchev–Trinajstić information content (AvgIpc) is 3.46. The van der Waals surface area contributed by atoms with Gasteiger partial charge in [-0.15, -0.1) is 10.2 Å². The van der Waals surface area contributed by atoms with Crippen LogP contribution >= 0.6 is 11.5 Å². The second kappa shape index (κ2) is 11.0. The average molecular weight is 484 g/mol. The maximum Gasteiger partial charge on any atom is 0.253 e. The van der Waals surface area contributed by atoms with Crippen LogP contribution in [0.2, 0.25) is 0 Å². The maximum atomic E-state index is 13.2. The Hall–Kier alpha value is -3.67. The third-order valence-electron chi connectivity index (χ3n) is 5.41. The zero-order valence-corrected chi connectivity index (χ0v) is 20.8. The van der Waals surface area contributed by atoms with Gasteiger partial charge in [-0.3, -0.25) is 9.59 Å². The molecule has 0 unspecified atom stereocenters. The second-order valence-electron chi connectivity index (χ2n) is 7.38. The van der Waals surface area contributed by atoms with Crippen molar-refractivity contribution in [2.24, 2.45) is 10.2 Å². The Kier molecular flexibility index (Phi) is 8.05. The molecule has 1 aromatic carbocycles. The van der Waals surface area contributed by atoms with Crippen molar-refractivity contribution in [2.75, 3.05) is 31.9 Å². The fourth-order valence-corrected chi connectivity index (χ4v) is 3.89. The van der Waals surface area contributed by atoms with E-state index < -0.39 is 0 Å². The molecule has 2 heterocycles. The Morgan fingerprint density at radius 1 is 0.971 bits per heavy atom. The molecule has 3 aromatic rings. The number of anilines is 1. The highest BCUT2D eigenvalue weighted by molar-refractivity contribution is 7.09. The Bertz CT molecular complexity index is 1140. The lowest BCUT2D eigenvalue weighted by Gasteiger charge is -2.22. The van der Waals surface area contributed by atoms with Crippen LogP contribution in [-0.4, -0.2) is 66.9 Å². The normalized spacial score (nSPS) is 11.2. The fraction of sp³-hybridized carbons (Fsp3) is 0.409. The van der Waals surface area contributed by atoms with E-state index >= 15 is 0 Å². The Morgan fingerprint density at radius 2 is 1.53 bits per heavy atom. The first-order chi connectivity index (χ1) is 16.3. The minimum Gasteiger partial charge on any atom is -0.382 e. The van der Waals surface area contributed by atoms with Crippen molar-refractivity contribution in [2.45, 2.75) is 34.6 Å². The molecule has 3 rings (SSSR count). The van der Waals surface area contributed by atoms with Crippen LogP contribution < -0.4 is 5.73 Å². The van der Waals surface area contributed by atoms with Gasteiger partial charge in [-0.2, -0.15) is 9.47 Å². The minimum atomic E-state index is -0.168. The fourth-order valence-electron chi connectivity index (χ4n) is 3.53. The number of hydrogen-bond donors (Lipinski definition) is 1. The third kappa shape index (κ3) is 5.11. The number of hydrogen-bond acceptors (Lipinski definition) is 9. The predicted molar refractivity (Wildman–Crippen MR) is 131 cm³/mol. The van der Waals surface area contributed by atoms with E-state index in [4.69, 9.17) is 5.73 Å². The first-order valence-corrected chi connectivity index (χ1v) is 11.9. The molecule has 2 amide bonds. The summed E-state index contributed by atoms with van der Waals surface area (Å²) in [6, 6.07) is 5.01. The molecule has 0 radical (unpaired) electrons. The summed E-state index contributed by atoms with van der Waals surface area (Å²) in [6.07, 6.45) is 1.39. The summed E-state index contributed by atoms with van der Waals surface area (Å²) in [7, 11) is 0. The Balaban J connectivity index is 2.12. The number of nitrogens with two attached hydrogens (primary N) is 1. The van der Waals surface area contributed by atoms with Crippen LogP contribution in [0.25, 0.3) is 5.69 Å². The summed E-state index contributed by atoms with van der Waals surface area (Å²) in [5.41, 5.74) is 8.57. The van der Waals surface area contributed by atoms with Gasteiger partial charge < -0.3 is 15.5 Å². The molecule has 12 heteroatoms. The van der Waals surface area contributed by atoms with Crippen molar-refractivity contribution in [1.82, 2.24) is 28.9 Å². The van der Waals surface area contributed by atoms with Gasteiger partial charge in [0.05, 0.1) is 11.4 Å². The maximum absolute atomic E-state index is 13.2. The quantitative estimate of drug-likeness (QED) is 0.457. The van der Waals surface area contributed by atoms with Crippen LogP contribution in [0.5, 0.6) is 0 Å². The Morgan fingerprint density at radius 3 is 2.00 bits per heavy atom. The first kappa shape index (κ1) is 25.0. The topological polar surface area (TPSA) is 135 Å². The number of carbonyl (C=O) groups is 2. The van der Waals surface area contributed by atoms with Gasteiger partial charge in [0, 0.05) is 48.8 Å². The minimum absolute atomic E-state index is 0.168. The molecule has 0 spiro atoms. The summed E-state index contributed by atoms with van der Waals surface area (Å²) in [6.45, 7) is 11.6. The lowest BCUT2D eigenvalue weighted by molar-refractivity contribution is 0.0772. The van der Waals surface area contributed by atoms with E-state index in [1.807, 2.05) is 27.7 Å². The monoisotopic (exact) mass is 483 g/mol. The first-order valence-electron chi connectivity index (χ1n) is 11.1. The van der Waals surface area contributed by atoms with Crippen LogP contribution in [0.15, 0.2) is 34.8 Å². The molecule has 180 valence electrons. The molecule has 0 aliphatic rings. The summed E-state index contributed by atoms with van der Waals surface area (Å²) < 4.78 is 5.37. The molecule has 0 fully saturated rings. The molecule has 2 N–H and O–H groups in total. The number of aromatic nitrogens is 4. The van der Waals surface area contributed by atoms with Crippen LogP contribution in [-0.2, 0) is 0 Å². The van der Waals surface area contributed by atoms with Gasteiger partial charge >= 0.3 is 0 Å². The van der Waals surface area contributed by atoms with E-state index in [1.165, 1.54) is 11.0 Å². The van der Waals surface area contributed by atoms with E-state index in [-0.39, 0.29) is 17.6 Å². The molecular formula is C22H29N9O2S. The molecule has 34 heavy (non-hydrogen) atoms. The number of nitrogen functional groups attached to an aromatic ring is 1. The van der Waals surface area contributed by atoms with Crippen molar-refractivity contribution in [3.05, 3.63) is 41.3 Å². The predicted octanol–water partition coefficient (Wildman–Crippen LogP) is 3.99. The van der Waals surface area contributed by atoms with E-state index in [0.29, 0.717) is 59.5 Å². The smallest absolute Gasteiger partial charge is 0.253 e. The van der Waals surface area contributed by atoms with Gasteiger partial charge in [-0.1, -0.05) is 0 Å². The summed E-state index contributed by atoms with van der Waals surface area (Å²) in [5.74, 6) is -0.0994. The zero-order chi connectivity index (χ0) is 24.8. The molecule has 0 saturated carbocycles. The summed E-state index contributed by atoms with van der Waals surface area (Å²) in [4.78, 5) is 33.7. The van der Waals surface area contributed by atoms with Crippen LogP contribution in [0.3, 0.4) is 0 Å². The molecule has 0 saturated heterocycles. The summed E-state index contributed by atoms with van der Waals surface area (Å²) in [5, 5.41) is 13.2. The van der Waals surface area contributed by atoms with Crippen molar-refractivity contribution in [1.29, 1.82) is 0 Å². The van der Waals surface area contributed by atoms with Gasteiger partial charge in [-0.05, 0) is 52.8 Å². The standard InChI is InChI=1S/C22H29N9O2S/c1-6-29(7-2)20(32)15-10-16(21(33)30(8-3)9-4)12-17(11-15)31-19(23)18(14(5)28-31)26-27-22-24-13-25-34-22/h10-13H,6-9,23H2,1-5H3. The molecule has 0 bridgehead atoms. The number of amides is 2. The Labute approximate surface area is 202 Å². The van der Waals surface area contributed by atoms with Gasteiger partial charge in [0.2, 0.25) is 5.13 Å². The lowest BCUT2D eigenvalue weighted by atomic mass is 10.1. The number of benzene rings is 1. The number of rotatable bonds is 9. The van der Waals surface area contributed by atoms with E-state index in [9.17, 15) is 9.59 Å². The van der Waals surface area contributed by atoms with Gasteiger partial charge in [0.25, 0.3) is 11.8 Å². The van der Waals surface area contributed by atoms with E-state index in [2.05, 4.69) is 24.7 Å². The van der Waals surface area contributed by atoms with Crippen molar-refractivity contribution < 1.29 is 9.59 Å². The lowest BCUT2D eigenvalue weighted by Crippen LogP contribution is -2.32. The van der Waals surface area contributed by atoms with Gasteiger partial charge in [0.1, 0.15) is 6.33 Å². The molecule has 0 atom stereocenters. The molecular weight excluding hydrogens is 454 g/mol. The molecule has 11 nitrogen and oxygen atoms in total. The number of carbonyl (C=O) groups excluding carboxylic acids is 2. The highest BCUT2D eigenvalue weighted by Crippen LogP contribution is 2.31. The third-order valence-corrected chi connectivity index (χ3v) is 5.96. The second-order valence-corrected chi connectivity index (χ2v) is 8.14. The van der Waals surface area contributed by atoms with Gasteiger partial charge in [0.15, 0.2) is 11.5 Å². The number of azo groups is 1. The van der Waals surface area contributed by atoms with Crippen LogP contribution in [0, 0.1) is 6.92 Å². The number of aryl methyl sites for hydroxylation is 1. The van der Waals surface area contributed by atoms with Crippen LogP contribution in [0.4, 0.5) is 16.6 Å². The van der Waals surface area contributed by atoms with Crippen molar-refractivity contribution >= 4 is 40.0 Å². The van der Waals surface area contributed by atoms with Crippen LogP contribution in [0.1, 0.15) is 54.1 Å².